The molecule has 2 saturated heterocycles. The summed E-state index contributed by atoms with van der Waals surface area (Å²) in [5, 5.41) is 48.5. The lowest BCUT2D eigenvalue weighted by molar-refractivity contribution is -0.185. The first-order valence-electron chi connectivity index (χ1n) is 26.2. The zero-order valence-corrected chi connectivity index (χ0v) is 47.2. The van der Waals surface area contributed by atoms with Crippen molar-refractivity contribution in [2.45, 2.75) is 178 Å². The molecule has 7 amide bonds. The highest BCUT2D eigenvalue weighted by atomic mass is 127. The Labute approximate surface area is 457 Å². The molecule has 0 saturated carbocycles. The normalized spacial score (nSPS) is 21.5. The highest BCUT2D eigenvalue weighted by Gasteiger charge is 2.49. The first-order chi connectivity index (χ1) is 35.9. The molecule has 4 heterocycles. The second-order valence-corrected chi connectivity index (χ2v) is 23.3. The third-order valence-electron chi connectivity index (χ3n) is 14.0. The van der Waals surface area contributed by atoms with Gasteiger partial charge in [0.05, 0.1) is 18.6 Å². The lowest BCUT2D eigenvalue weighted by atomic mass is 9.85. The number of aromatic nitrogens is 4. The summed E-state index contributed by atoms with van der Waals surface area (Å²) < 4.78 is 10.9. The summed E-state index contributed by atoms with van der Waals surface area (Å²) >= 11 is 2.29. The Morgan fingerprint density at radius 2 is 1.66 bits per heavy atom. The molecule has 76 heavy (non-hydrogen) atoms. The van der Waals surface area contributed by atoms with Crippen LogP contribution in [0.5, 0.6) is 0 Å². The highest BCUT2D eigenvalue weighted by Crippen LogP contribution is 2.43. The number of amides is 7. The summed E-state index contributed by atoms with van der Waals surface area (Å²) in [6.45, 7) is 16.5. The summed E-state index contributed by atoms with van der Waals surface area (Å²) in [4.78, 5) is 109. The maximum atomic E-state index is 13.3. The second kappa shape index (κ2) is 27.7. The number of halogens is 1. The van der Waals surface area contributed by atoms with Crippen LogP contribution >= 0.6 is 22.6 Å². The fourth-order valence-electron chi connectivity index (χ4n) is 9.25. The number of ether oxygens (including phenoxy) is 2. The van der Waals surface area contributed by atoms with Crippen molar-refractivity contribution >= 4 is 86.8 Å². The topological polar surface area (TPSA) is 329 Å². The Hall–Kier alpha value is -5.57. The van der Waals surface area contributed by atoms with Crippen LogP contribution in [0.2, 0.25) is 0 Å². The fraction of sp³-hybridized carbons (Fsp3) is 0.654. The van der Waals surface area contributed by atoms with E-state index in [1.54, 1.807) is 38.1 Å². The molecule has 2 aromatic heterocycles. The number of aliphatic hydroxyl groups excluding tert-OH is 3. The van der Waals surface area contributed by atoms with E-state index in [1.807, 2.05) is 13.8 Å². The molecule has 2 aliphatic heterocycles. The van der Waals surface area contributed by atoms with Crippen molar-refractivity contribution in [3.8, 4) is 0 Å². The molecule has 0 spiro atoms. The Balaban J connectivity index is 1.01. The fourth-order valence-corrected chi connectivity index (χ4v) is 10.3. The predicted octanol–water partition coefficient (Wildman–Crippen LogP) is 3.84. The summed E-state index contributed by atoms with van der Waals surface area (Å²) in [5.41, 5.74) is 1.54. The minimum Gasteiger partial charge on any atom is -0.445 e. The van der Waals surface area contributed by atoms with Crippen molar-refractivity contribution < 1.29 is 58.4 Å². The molecule has 2 aliphatic rings. The number of nitrogens with zero attached hydrogens (tertiary/aromatic N) is 4. The molecule has 24 heteroatoms. The van der Waals surface area contributed by atoms with Crippen LogP contribution in [0.3, 0.4) is 0 Å². The van der Waals surface area contributed by atoms with Crippen molar-refractivity contribution in [3.05, 3.63) is 42.0 Å². The van der Waals surface area contributed by atoms with Crippen molar-refractivity contribution in [1.29, 1.82) is 0 Å². The number of H-pyrrole nitrogens is 1. The number of anilines is 2. The maximum absolute atomic E-state index is 13.3. The van der Waals surface area contributed by atoms with Crippen LogP contribution < -0.4 is 31.9 Å². The number of nitrogens with one attached hydrogen (secondary N) is 7. The van der Waals surface area contributed by atoms with E-state index in [2.05, 4.69) is 97.1 Å². The Bertz CT molecular complexity index is 2490. The highest BCUT2D eigenvalue weighted by molar-refractivity contribution is 14.1. The minimum atomic E-state index is -1.57. The lowest BCUT2D eigenvalue weighted by Gasteiger charge is -2.42. The molecule has 1 aromatic carbocycles. The predicted molar refractivity (Wildman–Crippen MR) is 290 cm³/mol. The van der Waals surface area contributed by atoms with E-state index in [0.29, 0.717) is 28.3 Å². The average molecular weight is 1180 g/mol. The molecule has 2 fully saturated rings. The molecule has 0 bridgehead atoms. The number of alkyl halides is 1. The number of hydrogen-bond donors (Lipinski definition) is 10. The summed E-state index contributed by atoms with van der Waals surface area (Å²) in [6.07, 6.45) is 0.0525. The smallest absolute Gasteiger partial charge is 0.407 e. The van der Waals surface area contributed by atoms with E-state index in [9.17, 15) is 48.9 Å². The number of imidazole rings is 1. The van der Waals surface area contributed by atoms with Gasteiger partial charge >= 0.3 is 6.09 Å². The van der Waals surface area contributed by atoms with Gasteiger partial charge in [-0.25, -0.2) is 19.7 Å². The SMILES string of the molecule is CCCC(I)(CC)C1CC(=O)N(CCC(=O)N[C@H](C(=O)N[C@@H](C)C(=O)Nc2ccc(COC(=O)NCCC(=O)N[C@@H]3[C@@H](O)[C@H](O)[C@@H](Nc4ncnc5nc(C(C)(C)CCCC(C)C)[nH]c45)O[C@H]3CO)cc2)C(C)C)C1=O. The van der Waals surface area contributed by atoms with E-state index >= 15 is 0 Å². The Morgan fingerprint density at radius 1 is 0.947 bits per heavy atom. The standard InChI is InChI=1S/C52H78IN11O12/c1-10-20-52(53,11-2)33-24-37(68)64(48(33)73)23-19-36(67)59-38(29(5)6)46(72)57-30(7)45(71)58-32-16-14-31(15-17-32)26-75-50(74)54-22-18-35(66)60-39-34(25-65)76-47(42(70)41(39)69)62-43-40-44(56-27-55-43)63-49(61-40)51(8,9)21-12-13-28(3)4/h14-17,27-30,33-34,38-39,41-42,47,65,69-70H,10-13,18-26H2,1-9H3,(H,54,74)(H,57,72)(H,58,71)(H,59,67)(H,60,66)(H2,55,56,61,62,63)/t30-,33?,34-,38-,39-,41+,42-,47-,52?/m0/s1. The number of aromatic amines is 1. The first-order valence-corrected chi connectivity index (χ1v) is 27.3. The minimum absolute atomic E-state index is 0.0958. The molecular formula is C52H78IN11O12. The number of rotatable bonds is 27. The summed E-state index contributed by atoms with van der Waals surface area (Å²) in [6, 6.07) is 3.17. The number of alkyl carbamates (subject to hydrolysis) is 1. The van der Waals surface area contributed by atoms with Crippen molar-refractivity contribution in [1.82, 2.24) is 46.1 Å². The number of benzene rings is 1. The zero-order chi connectivity index (χ0) is 56.1. The van der Waals surface area contributed by atoms with Crippen LogP contribution in [0.4, 0.5) is 16.3 Å². The Morgan fingerprint density at radius 3 is 2.30 bits per heavy atom. The van der Waals surface area contributed by atoms with Gasteiger partial charge in [-0.2, -0.15) is 0 Å². The quantitative estimate of drug-likeness (QED) is 0.0295. The largest absolute Gasteiger partial charge is 0.445 e. The Kier molecular flexibility index (Phi) is 22.3. The average Bonchev–Trinajstić information content (AvgIpc) is 3.95. The lowest BCUT2D eigenvalue weighted by Crippen LogP contribution is -2.65. The van der Waals surface area contributed by atoms with E-state index in [0.717, 1.165) is 49.2 Å². The zero-order valence-electron chi connectivity index (χ0n) is 45.0. The summed E-state index contributed by atoms with van der Waals surface area (Å²) in [5.74, 6) is -2.09. The number of carbonyl (C=O) groups excluding carboxylic acids is 7. The van der Waals surface area contributed by atoms with E-state index in [1.165, 1.54) is 13.3 Å². The van der Waals surface area contributed by atoms with Crippen LogP contribution in [-0.4, -0.2) is 147 Å². The molecule has 23 nitrogen and oxygen atoms in total. The number of imide groups is 1. The van der Waals surface area contributed by atoms with Crippen LogP contribution in [0.25, 0.3) is 11.2 Å². The van der Waals surface area contributed by atoms with E-state index in [-0.39, 0.29) is 71.3 Å². The number of hydrogen-bond acceptors (Lipinski definition) is 16. The van der Waals surface area contributed by atoms with Crippen LogP contribution in [-0.2, 0) is 50.3 Å². The van der Waals surface area contributed by atoms with Gasteiger partial charge in [0.15, 0.2) is 17.7 Å². The number of aliphatic hydroxyl groups is 3. The van der Waals surface area contributed by atoms with Crippen LogP contribution in [0.15, 0.2) is 30.6 Å². The molecule has 9 atom stereocenters. The van der Waals surface area contributed by atoms with E-state index in [4.69, 9.17) is 14.5 Å². The molecule has 0 aliphatic carbocycles. The van der Waals surface area contributed by atoms with Gasteiger partial charge in [0.2, 0.25) is 35.4 Å². The number of likely N-dealkylation sites (tertiary alicyclic amines) is 1. The van der Waals surface area contributed by atoms with Gasteiger partial charge in [-0.05, 0) is 55.7 Å². The van der Waals surface area contributed by atoms with Gasteiger partial charge in [0.25, 0.3) is 0 Å². The monoisotopic (exact) mass is 1180 g/mol. The molecule has 420 valence electrons. The van der Waals surface area contributed by atoms with Gasteiger partial charge in [-0.15, -0.1) is 0 Å². The van der Waals surface area contributed by atoms with Crippen molar-refractivity contribution in [3.63, 3.8) is 0 Å². The van der Waals surface area contributed by atoms with Crippen molar-refractivity contribution in [2.24, 2.45) is 17.8 Å². The molecule has 3 aromatic rings. The van der Waals surface area contributed by atoms with Gasteiger partial charge in [0, 0.05) is 46.9 Å². The molecule has 5 rings (SSSR count). The molecular weight excluding hydrogens is 1100 g/mol. The molecule has 10 N–H and O–H groups in total. The maximum Gasteiger partial charge on any atom is 0.407 e. The van der Waals surface area contributed by atoms with Gasteiger partial charge in [-0.1, -0.05) is 109 Å². The van der Waals surface area contributed by atoms with Crippen LogP contribution in [0, 0.1) is 17.8 Å². The van der Waals surface area contributed by atoms with Gasteiger partial charge < -0.3 is 61.7 Å². The van der Waals surface area contributed by atoms with Gasteiger partial charge in [-0.3, -0.25) is 33.7 Å². The third-order valence-corrected chi connectivity index (χ3v) is 16.0. The first kappa shape index (κ1) is 61.3. The number of carbonyl (C=O) groups is 7. The summed E-state index contributed by atoms with van der Waals surface area (Å²) in [7, 11) is 0. The van der Waals surface area contributed by atoms with E-state index < -0.39 is 84.9 Å². The molecule has 2 unspecified atom stereocenters. The second-order valence-electron chi connectivity index (χ2n) is 21.2. The molecule has 0 radical (unpaired) electrons. The van der Waals surface area contributed by atoms with Crippen molar-refractivity contribution in [2.75, 3.05) is 30.3 Å². The van der Waals surface area contributed by atoms with Gasteiger partial charge in [0.1, 0.15) is 54.7 Å². The third kappa shape index (κ3) is 16.2. The van der Waals surface area contributed by atoms with Crippen LogP contribution in [0.1, 0.15) is 131 Å². The number of fused-ring (bicyclic) bond motifs is 1.